The highest BCUT2D eigenvalue weighted by atomic mass is 32.2. The fraction of sp³-hybridized carbons (Fsp3) is 0.333. The summed E-state index contributed by atoms with van der Waals surface area (Å²) >= 11 is 0. The Morgan fingerprint density at radius 1 is 1.16 bits per heavy atom. The molecule has 3 aromatic rings. The van der Waals surface area contributed by atoms with Crippen LogP contribution in [0.25, 0.3) is 11.1 Å². The van der Waals surface area contributed by atoms with Crippen LogP contribution in [0.1, 0.15) is 12.8 Å². The van der Waals surface area contributed by atoms with E-state index in [2.05, 4.69) is 10.3 Å². The summed E-state index contributed by atoms with van der Waals surface area (Å²) in [5.74, 6) is -0.426. The van der Waals surface area contributed by atoms with Crippen LogP contribution in [0.5, 0.6) is 11.5 Å². The average molecular weight is 461 g/mol. The number of rotatable bonds is 6. The number of methoxy groups -OCH3 is 2. The highest BCUT2D eigenvalue weighted by molar-refractivity contribution is 7.89. The zero-order chi connectivity index (χ0) is 22.9. The van der Waals surface area contributed by atoms with Crippen molar-refractivity contribution in [3.63, 3.8) is 0 Å². The smallest absolute Gasteiger partial charge is 0.417 e. The number of nitrogens with one attached hydrogen (secondary N) is 2. The third-order valence-corrected chi connectivity index (χ3v) is 7.30. The van der Waals surface area contributed by atoms with Crippen LogP contribution in [-0.4, -0.2) is 50.9 Å². The second-order valence-electron chi connectivity index (χ2n) is 7.43. The summed E-state index contributed by atoms with van der Waals surface area (Å²) in [4.78, 5) is 26.7. The number of piperidine rings is 1. The first kappa shape index (κ1) is 21.9. The van der Waals surface area contributed by atoms with E-state index in [1.807, 2.05) is 0 Å². The Bertz CT molecular complexity index is 1310. The van der Waals surface area contributed by atoms with E-state index >= 15 is 0 Å². The Hall–Kier alpha value is -3.31. The fourth-order valence-electron chi connectivity index (χ4n) is 3.77. The molecule has 0 unspecified atom stereocenters. The van der Waals surface area contributed by atoms with Gasteiger partial charge in [-0.15, -0.1) is 0 Å². The molecule has 0 aliphatic carbocycles. The summed E-state index contributed by atoms with van der Waals surface area (Å²) in [6.07, 6.45) is 1.11. The van der Waals surface area contributed by atoms with Crippen LogP contribution >= 0.6 is 0 Å². The van der Waals surface area contributed by atoms with Crippen molar-refractivity contribution in [2.45, 2.75) is 17.7 Å². The second kappa shape index (κ2) is 8.67. The number of H-pyrrole nitrogens is 1. The van der Waals surface area contributed by atoms with Crippen LogP contribution in [0.4, 0.5) is 5.69 Å². The Balaban J connectivity index is 1.50. The number of oxazole rings is 1. The summed E-state index contributed by atoms with van der Waals surface area (Å²) in [6.45, 7) is 0.355. The minimum Gasteiger partial charge on any atom is -0.493 e. The van der Waals surface area contributed by atoms with Crippen LogP contribution < -0.4 is 20.5 Å². The number of carbonyl (C=O) groups excluding carboxylic acids is 1. The second-order valence-corrected chi connectivity index (χ2v) is 9.37. The zero-order valence-electron chi connectivity index (χ0n) is 17.6. The van der Waals surface area contributed by atoms with Crippen molar-refractivity contribution in [1.29, 1.82) is 0 Å². The molecule has 1 saturated heterocycles. The molecule has 1 aliphatic rings. The molecule has 1 aliphatic heterocycles. The van der Waals surface area contributed by atoms with Crippen LogP contribution in [0, 0.1) is 5.92 Å². The first-order chi connectivity index (χ1) is 15.3. The number of nitrogens with zero attached hydrogens (tertiary/aromatic N) is 1. The van der Waals surface area contributed by atoms with Crippen molar-refractivity contribution in [3.8, 4) is 11.5 Å². The molecule has 0 bridgehead atoms. The molecule has 2 heterocycles. The quantitative estimate of drug-likeness (QED) is 0.575. The normalized spacial score (nSPS) is 17.2. The van der Waals surface area contributed by atoms with Crippen molar-refractivity contribution in [3.05, 3.63) is 46.9 Å². The minimum atomic E-state index is -3.86. The molecule has 1 amide bonds. The van der Waals surface area contributed by atoms with Gasteiger partial charge in [0.15, 0.2) is 17.1 Å². The zero-order valence-corrected chi connectivity index (χ0v) is 18.4. The maximum atomic E-state index is 13.2. The molecule has 170 valence electrons. The van der Waals surface area contributed by atoms with Gasteiger partial charge >= 0.3 is 5.76 Å². The van der Waals surface area contributed by atoms with Gasteiger partial charge in [0.1, 0.15) is 0 Å². The predicted octanol–water partition coefficient (Wildman–Crippen LogP) is 2.18. The molecule has 1 fully saturated rings. The van der Waals surface area contributed by atoms with E-state index in [4.69, 9.17) is 13.9 Å². The summed E-state index contributed by atoms with van der Waals surface area (Å²) in [7, 11) is -0.837. The largest absolute Gasteiger partial charge is 0.493 e. The Kier molecular flexibility index (Phi) is 5.94. The van der Waals surface area contributed by atoms with Crippen LogP contribution in [-0.2, 0) is 14.8 Å². The third kappa shape index (κ3) is 4.21. The van der Waals surface area contributed by atoms with E-state index in [1.165, 1.54) is 36.7 Å². The number of hydrogen-bond donors (Lipinski definition) is 2. The Morgan fingerprint density at radius 2 is 1.94 bits per heavy atom. The van der Waals surface area contributed by atoms with Gasteiger partial charge in [0.25, 0.3) is 0 Å². The molecular weight excluding hydrogens is 438 g/mol. The molecular formula is C21H23N3O7S. The Morgan fingerprint density at radius 3 is 2.69 bits per heavy atom. The Labute approximate surface area is 184 Å². The highest BCUT2D eigenvalue weighted by Crippen LogP contribution is 2.31. The lowest BCUT2D eigenvalue weighted by Gasteiger charge is -2.31. The first-order valence-corrected chi connectivity index (χ1v) is 11.4. The van der Waals surface area contributed by atoms with E-state index < -0.39 is 21.7 Å². The maximum Gasteiger partial charge on any atom is 0.417 e. The molecule has 4 rings (SSSR count). The molecule has 10 nitrogen and oxygen atoms in total. The van der Waals surface area contributed by atoms with Gasteiger partial charge < -0.3 is 19.2 Å². The number of benzene rings is 2. The summed E-state index contributed by atoms with van der Waals surface area (Å²) in [5, 5.41) is 2.83. The first-order valence-electron chi connectivity index (χ1n) is 9.97. The molecule has 11 heteroatoms. The van der Waals surface area contributed by atoms with Crippen molar-refractivity contribution in [2.24, 2.45) is 5.92 Å². The summed E-state index contributed by atoms with van der Waals surface area (Å²) in [6, 6.07) is 9.23. The van der Waals surface area contributed by atoms with Crippen LogP contribution in [0.2, 0.25) is 0 Å². The number of ether oxygens (including phenoxy) is 2. The molecule has 2 N–H and O–H groups in total. The number of hydrogen-bond acceptors (Lipinski definition) is 7. The number of aromatic amines is 1. The average Bonchev–Trinajstić information content (AvgIpc) is 3.18. The summed E-state index contributed by atoms with van der Waals surface area (Å²) in [5.41, 5.74) is 1.11. The van der Waals surface area contributed by atoms with Crippen molar-refractivity contribution in [2.75, 3.05) is 32.6 Å². The van der Waals surface area contributed by atoms with E-state index in [-0.39, 0.29) is 22.9 Å². The molecule has 1 aromatic heterocycles. The lowest BCUT2D eigenvalue weighted by atomic mass is 9.98. The predicted molar refractivity (Wildman–Crippen MR) is 116 cm³/mol. The fourth-order valence-corrected chi connectivity index (χ4v) is 5.31. The van der Waals surface area contributed by atoms with Gasteiger partial charge in [0, 0.05) is 30.9 Å². The standard InChI is InChI=1S/C21H23N3O7S/c1-29-17-8-5-14(10-19(17)30-2)22-20(25)13-4-3-9-24(12-13)32(27,28)15-6-7-16-18(11-15)31-21(26)23-16/h5-8,10-11,13H,3-4,9,12H2,1-2H3,(H,22,25)(H,23,26)/t13-/m0/s1. The van der Waals surface area contributed by atoms with Gasteiger partial charge in [-0.1, -0.05) is 0 Å². The lowest BCUT2D eigenvalue weighted by molar-refractivity contribution is -0.120. The highest BCUT2D eigenvalue weighted by Gasteiger charge is 2.33. The van der Waals surface area contributed by atoms with E-state index in [0.717, 1.165) is 0 Å². The number of carbonyl (C=O) groups is 1. The lowest BCUT2D eigenvalue weighted by Crippen LogP contribution is -2.43. The van der Waals surface area contributed by atoms with E-state index in [9.17, 15) is 18.0 Å². The van der Waals surface area contributed by atoms with Gasteiger partial charge in [-0.05, 0) is 37.1 Å². The number of sulfonamides is 1. The molecule has 0 saturated carbocycles. The number of amides is 1. The monoisotopic (exact) mass is 461 g/mol. The summed E-state index contributed by atoms with van der Waals surface area (Å²) < 4.78 is 43.0. The number of anilines is 1. The van der Waals surface area contributed by atoms with E-state index in [0.29, 0.717) is 42.1 Å². The van der Waals surface area contributed by atoms with Crippen molar-refractivity contribution >= 4 is 32.7 Å². The van der Waals surface area contributed by atoms with Gasteiger partial charge in [0.2, 0.25) is 15.9 Å². The molecule has 1 atom stereocenters. The van der Waals surface area contributed by atoms with Crippen LogP contribution in [0.15, 0.2) is 50.5 Å². The maximum absolute atomic E-state index is 13.2. The number of fused-ring (bicyclic) bond motifs is 1. The van der Waals surface area contributed by atoms with Crippen molar-refractivity contribution in [1.82, 2.24) is 9.29 Å². The van der Waals surface area contributed by atoms with Gasteiger partial charge in [-0.3, -0.25) is 9.78 Å². The van der Waals surface area contributed by atoms with Crippen LogP contribution in [0.3, 0.4) is 0 Å². The van der Waals surface area contributed by atoms with Crippen molar-refractivity contribution < 1.29 is 27.1 Å². The SMILES string of the molecule is COc1ccc(NC(=O)[C@H]2CCCN(S(=O)(=O)c3ccc4[nH]c(=O)oc4c3)C2)cc1OC. The topological polar surface area (TPSA) is 131 Å². The molecule has 2 aromatic carbocycles. The molecule has 32 heavy (non-hydrogen) atoms. The number of aromatic nitrogens is 1. The van der Waals surface area contributed by atoms with Gasteiger partial charge in [-0.25, -0.2) is 13.2 Å². The van der Waals surface area contributed by atoms with Gasteiger partial charge in [0.05, 0.1) is 30.5 Å². The van der Waals surface area contributed by atoms with E-state index in [1.54, 1.807) is 18.2 Å². The molecule has 0 spiro atoms. The third-order valence-electron chi connectivity index (χ3n) is 5.44. The van der Waals surface area contributed by atoms with Gasteiger partial charge in [-0.2, -0.15) is 4.31 Å². The molecule has 0 radical (unpaired) electrons. The minimum absolute atomic E-state index is 0.00805.